The van der Waals surface area contributed by atoms with Gasteiger partial charge in [0.2, 0.25) is 0 Å². The number of nitrogens with zero attached hydrogens (tertiary/aromatic N) is 4. The van der Waals surface area contributed by atoms with E-state index in [-0.39, 0.29) is 71.4 Å². The minimum atomic E-state index is -1.90. The van der Waals surface area contributed by atoms with E-state index >= 15 is 0 Å². The summed E-state index contributed by atoms with van der Waals surface area (Å²) in [6, 6.07) is 14.2. The van der Waals surface area contributed by atoms with Crippen molar-refractivity contribution in [3.8, 4) is 34.3 Å². The summed E-state index contributed by atoms with van der Waals surface area (Å²) in [6.07, 6.45) is 11.9. The third-order valence-electron chi connectivity index (χ3n) is 15.7. The van der Waals surface area contributed by atoms with E-state index in [1.807, 2.05) is 38.1 Å². The van der Waals surface area contributed by atoms with Crippen molar-refractivity contribution in [1.29, 1.82) is 0 Å². The number of aliphatic hydroxyl groups is 2. The first kappa shape index (κ1) is 50.5. The number of carbonyl (C=O) groups is 4. The lowest BCUT2D eigenvalue weighted by atomic mass is 9.86. The molecule has 0 amide bonds. The van der Waals surface area contributed by atoms with Crippen LogP contribution in [-0.2, 0) is 79.0 Å². The number of benzene rings is 2. The summed E-state index contributed by atoms with van der Waals surface area (Å²) in [5.41, 5.74) is 4.25. The molecule has 4 aliphatic heterocycles. The van der Waals surface area contributed by atoms with E-state index in [0.717, 1.165) is 97.2 Å². The second-order valence-electron chi connectivity index (χ2n) is 20.1. The number of pyridine rings is 4. The van der Waals surface area contributed by atoms with Crippen LogP contribution in [0.25, 0.3) is 44.6 Å². The molecular formula is C58H62N4O12. The molecule has 0 unspecified atom stereocenters. The number of hydrogen-bond donors (Lipinski definition) is 2. The fraction of sp³-hybridized carbons (Fsp3) is 0.448. The van der Waals surface area contributed by atoms with Crippen LogP contribution in [0.4, 0.5) is 0 Å². The van der Waals surface area contributed by atoms with E-state index in [4.69, 9.17) is 28.9 Å². The summed E-state index contributed by atoms with van der Waals surface area (Å²) in [5.74, 6) is -1.21. The number of fused-ring (bicyclic) bond motifs is 10. The molecule has 0 saturated carbocycles. The molecule has 0 bridgehead atoms. The zero-order valence-electron chi connectivity index (χ0n) is 42.5. The van der Waals surface area contributed by atoms with Gasteiger partial charge in [0.25, 0.3) is 11.1 Å². The number of unbranched alkanes of at least 4 members (excludes halogenated alkanes) is 9. The van der Waals surface area contributed by atoms with Gasteiger partial charge < -0.3 is 38.3 Å². The van der Waals surface area contributed by atoms with Gasteiger partial charge in [-0.05, 0) is 98.2 Å². The van der Waals surface area contributed by atoms with Crippen LogP contribution in [0.1, 0.15) is 162 Å². The van der Waals surface area contributed by atoms with Crippen LogP contribution >= 0.6 is 0 Å². The van der Waals surface area contributed by atoms with E-state index in [2.05, 4.69) is 0 Å². The Kier molecular flexibility index (Phi) is 13.9. The second-order valence-corrected chi connectivity index (χ2v) is 20.1. The first-order chi connectivity index (χ1) is 35.7. The molecular weight excluding hydrogens is 945 g/mol. The van der Waals surface area contributed by atoms with Crippen molar-refractivity contribution in [3.05, 3.63) is 114 Å². The van der Waals surface area contributed by atoms with Gasteiger partial charge >= 0.3 is 23.9 Å². The Morgan fingerprint density at radius 1 is 0.554 bits per heavy atom. The zero-order chi connectivity index (χ0) is 52.1. The quantitative estimate of drug-likeness (QED) is 0.0440. The molecule has 74 heavy (non-hydrogen) atoms. The van der Waals surface area contributed by atoms with Crippen molar-refractivity contribution in [3.63, 3.8) is 0 Å². The molecule has 0 aliphatic carbocycles. The van der Waals surface area contributed by atoms with Gasteiger partial charge in [0.15, 0.2) is 11.2 Å². The minimum absolute atomic E-state index is 0.0694. The van der Waals surface area contributed by atoms with Gasteiger partial charge in [-0.1, -0.05) is 79.1 Å². The Bertz CT molecular complexity index is 3210. The lowest BCUT2D eigenvalue weighted by Gasteiger charge is -2.31. The van der Waals surface area contributed by atoms with Crippen molar-refractivity contribution in [2.24, 2.45) is 0 Å². The maximum Gasteiger partial charge on any atom is 0.343 e. The van der Waals surface area contributed by atoms with Crippen LogP contribution in [0.15, 0.2) is 58.1 Å². The summed E-state index contributed by atoms with van der Waals surface area (Å²) in [7, 11) is 0. The molecule has 8 heterocycles. The average molecular weight is 1010 g/mol. The standard InChI is InChI=1S/C58H62N4O12/c1-5-35-37-25-33(21-23-45(37)59-51-39(35)29-61-47(51)27-43-41(53(61)65)31-71-55(67)57(43,69)7-3)73-49(63)19-17-15-13-11-9-10-12-14-16-18-20-50(64)74-34-22-24-46-38(26-34)36(6-2)40-30-62-48(52(40)60-46)28-44-42(54(62)66)32-72-56(68)58(44,70)8-4/h21-28,69-70H,5-20,29-32H2,1-4H3/t57-,58-/m0/s1. The van der Waals surface area contributed by atoms with Crippen LogP contribution in [0.2, 0.25) is 0 Å². The van der Waals surface area contributed by atoms with Crippen molar-refractivity contribution in [2.75, 3.05) is 0 Å². The number of carbonyl (C=O) groups excluding carboxylic acids is 4. The zero-order valence-corrected chi connectivity index (χ0v) is 42.5. The summed E-state index contributed by atoms with van der Waals surface area (Å²) >= 11 is 0. The third-order valence-corrected chi connectivity index (χ3v) is 15.7. The number of aryl methyl sites for hydroxylation is 2. The predicted molar refractivity (Wildman–Crippen MR) is 274 cm³/mol. The van der Waals surface area contributed by atoms with Crippen LogP contribution in [0.3, 0.4) is 0 Å². The van der Waals surface area contributed by atoms with Gasteiger partial charge in [0.05, 0.1) is 58.0 Å². The van der Waals surface area contributed by atoms with Gasteiger partial charge in [-0.25, -0.2) is 19.6 Å². The van der Waals surface area contributed by atoms with Gasteiger partial charge in [0, 0.05) is 45.9 Å². The number of hydrogen-bond acceptors (Lipinski definition) is 14. The van der Waals surface area contributed by atoms with Gasteiger partial charge in [0.1, 0.15) is 24.7 Å². The molecule has 10 rings (SSSR count). The molecule has 16 heteroatoms. The largest absolute Gasteiger partial charge is 0.458 e. The van der Waals surface area contributed by atoms with Crippen molar-refractivity contribution in [2.45, 2.75) is 168 Å². The molecule has 6 aromatic rings. The minimum Gasteiger partial charge on any atom is -0.458 e. The van der Waals surface area contributed by atoms with Gasteiger partial charge in [-0.15, -0.1) is 0 Å². The Labute approximate surface area is 427 Å². The number of aromatic nitrogens is 4. The Balaban J connectivity index is 0.638. The molecule has 2 N–H and O–H groups in total. The Morgan fingerprint density at radius 2 is 0.932 bits per heavy atom. The van der Waals surface area contributed by atoms with E-state index in [1.54, 1.807) is 47.2 Å². The van der Waals surface area contributed by atoms with Crippen LogP contribution in [0.5, 0.6) is 11.5 Å². The number of ether oxygens (including phenoxy) is 4. The van der Waals surface area contributed by atoms with Crippen molar-refractivity contribution < 1.29 is 48.3 Å². The maximum atomic E-state index is 13.7. The fourth-order valence-electron chi connectivity index (χ4n) is 11.5. The highest BCUT2D eigenvalue weighted by Crippen LogP contribution is 2.43. The molecule has 16 nitrogen and oxygen atoms in total. The molecule has 0 fully saturated rings. The lowest BCUT2D eigenvalue weighted by Crippen LogP contribution is -2.44. The Hall–Kier alpha value is -7.04. The summed E-state index contributed by atoms with van der Waals surface area (Å²) in [6.45, 7) is 7.65. The smallest absolute Gasteiger partial charge is 0.343 e. The van der Waals surface area contributed by atoms with Crippen LogP contribution < -0.4 is 20.6 Å². The summed E-state index contributed by atoms with van der Waals surface area (Å²) in [5, 5.41) is 24.2. The third kappa shape index (κ3) is 8.78. The highest BCUT2D eigenvalue weighted by atomic mass is 16.6. The average Bonchev–Trinajstić information content (AvgIpc) is 3.96. The number of esters is 4. The SMILES string of the molecule is CCc1c2c(nc3ccc(OC(=O)CCCCCCCCCCCCC(=O)Oc4ccc5nc6c(c(CC)c5c4)Cn4c-6cc5c(c4=O)COC(=O)[C@]5(O)CC)cc13)-c1cc3c(c(=O)n1C2)COC(=O)[C@]3(O)CC. The molecule has 0 spiro atoms. The molecule has 4 aliphatic rings. The second kappa shape index (κ2) is 20.3. The monoisotopic (exact) mass is 1010 g/mol. The highest BCUT2D eigenvalue weighted by molar-refractivity contribution is 5.92. The van der Waals surface area contributed by atoms with Crippen LogP contribution in [0, 0.1) is 0 Å². The van der Waals surface area contributed by atoms with Crippen molar-refractivity contribution in [1.82, 2.24) is 19.1 Å². The van der Waals surface area contributed by atoms with E-state index in [1.165, 1.54) is 0 Å². The molecule has 0 radical (unpaired) electrons. The Morgan fingerprint density at radius 3 is 1.30 bits per heavy atom. The highest BCUT2D eigenvalue weighted by Gasteiger charge is 2.47. The van der Waals surface area contributed by atoms with Crippen LogP contribution in [-0.4, -0.2) is 53.2 Å². The predicted octanol–water partition coefficient (Wildman–Crippen LogP) is 8.79. The van der Waals surface area contributed by atoms with E-state index in [9.17, 15) is 39.0 Å². The molecule has 2 aromatic carbocycles. The number of cyclic esters (lactones) is 2. The first-order valence-electron chi connectivity index (χ1n) is 26.4. The normalized spacial score (nSPS) is 18.0. The lowest BCUT2D eigenvalue weighted by molar-refractivity contribution is -0.172. The van der Waals surface area contributed by atoms with Gasteiger partial charge in [-0.3, -0.25) is 19.2 Å². The maximum absolute atomic E-state index is 13.7. The summed E-state index contributed by atoms with van der Waals surface area (Å²) in [4.78, 5) is 88.3. The fourth-order valence-corrected chi connectivity index (χ4v) is 11.5. The molecule has 2 atom stereocenters. The van der Waals surface area contributed by atoms with Gasteiger partial charge in [-0.2, -0.15) is 0 Å². The summed E-state index contributed by atoms with van der Waals surface area (Å²) < 4.78 is 25.3. The van der Waals surface area contributed by atoms with Crippen molar-refractivity contribution >= 4 is 45.7 Å². The molecule has 4 aromatic heterocycles. The van der Waals surface area contributed by atoms with E-state index < -0.39 is 23.1 Å². The molecule has 386 valence electrons. The first-order valence-corrected chi connectivity index (χ1v) is 26.4. The van der Waals surface area contributed by atoms with E-state index in [0.29, 0.717) is 84.1 Å². The number of rotatable bonds is 19. The molecule has 0 saturated heterocycles. The topological polar surface area (TPSA) is 215 Å².